The number of halogens is 2. The van der Waals surface area contributed by atoms with Gasteiger partial charge in [-0.05, 0) is 28.7 Å². The first-order valence-electron chi connectivity index (χ1n) is 2.87. The van der Waals surface area contributed by atoms with E-state index >= 15 is 0 Å². The fourth-order valence-electron chi connectivity index (χ4n) is 0.675. The van der Waals surface area contributed by atoms with Crippen LogP contribution in [0.15, 0.2) is 12.1 Å². The molecular formula is C7H6FIO2. The van der Waals surface area contributed by atoms with Gasteiger partial charge in [0, 0.05) is 6.07 Å². The topological polar surface area (TPSA) is 29.5 Å². The van der Waals surface area contributed by atoms with Crippen LogP contribution in [0.4, 0.5) is 4.39 Å². The molecule has 0 saturated carbocycles. The van der Waals surface area contributed by atoms with E-state index in [1.54, 1.807) is 0 Å². The van der Waals surface area contributed by atoms with Gasteiger partial charge in [0.25, 0.3) is 0 Å². The standard InChI is InChI=1S/C7H6FIO2/c1-11-7-2-4(8)6(10)3-5(7)9/h2-3,10H,1H3. The summed E-state index contributed by atoms with van der Waals surface area (Å²) in [7, 11) is 1.45. The van der Waals surface area contributed by atoms with Gasteiger partial charge in [0.2, 0.25) is 0 Å². The third kappa shape index (κ3) is 1.74. The molecule has 0 atom stereocenters. The molecule has 0 aliphatic rings. The van der Waals surface area contributed by atoms with E-state index < -0.39 is 5.82 Å². The van der Waals surface area contributed by atoms with Gasteiger partial charge in [-0.3, -0.25) is 0 Å². The molecule has 0 spiro atoms. The Bertz CT molecular complexity index is 275. The van der Waals surface area contributed by atoms with Gasteiger partial charge >= 0.3 is 0 Å². The molecule has 11 heavy (non-hydrogen) atoms. The first-order valence-corrected chi connectivity index (χ1v) is 3.95. The summed E-state index contributed by atoms with van der Waals surface area (Å²) in [4.78, 5) is 0. The maximum absolute atomic E-state index is 12.6. The summed E-state index contributed by atoms with van der Waals surface area (Å²) < 4.78 is 18.1. The van der Waals surface area contributed by atoms with Gasteiger partial charge in [0.15, 0.2) is 11.6 Å². The monoisotopic (exact) mass is 268 g/mol. The lowest BCUT2D eigenvalue weighted by Crippen LogP contribution is -1.88. The Morgan fingerprint density at radius 2 is 2.18 bits per heavy atom. The Hall–Kier alpha value is -0.520. The molecule has 4 heteroatoms. The van der Waals surface area contributed by atoms with Crippen molar-refractivity contribution in [3.8, 4) is 11.5 Å². The van der Waals surface area contributed by atoms with Gasteiger partial charge in [0.05, 0.1) is 10.7 Å². The van der Waals surface area contributed by atoms with Crippen molar-refractivity contribution in [1.82, 2.24) is 0 Å². The van der Waals surface area contributed by atoms with Gasteiger partial charge in [0.1, 0.15) is 5.75 Å². The Balaban J connectivity index is 3.21. The van der Waals surface area contributed by atoms with Crippen LogP contribution < -0.4 is 4.74 Å². The molecule has 1 rings (SSSR count). The summed E-state index contributed by atoms with van der Waals surface area (Å²) in [6.07, 6.45) is 0. The van der Waals surface area contributed by atoms with Gasteiger partial charge in [-0.2, -0.15) is 0 Å². The molecule has 1 N–H and O–H groups in total. The molecule has 1 aromatic rings. The summed E-state index contributed by atoms with van der Waals surface area (Å²) >= 11 is 1.95. The van der Waals surface area contributed by atoms with Crippen LogP contribution >= 0.6 is 22.6 Å². The van der Waals surface area contributed by atoms with Crippen molar-refractivity contribution in [2.45, 2.75) is 0 Å². The summed E-state index contributed by atoms with van der Waals surface area (Å²) in [5, 5.41) is 8.88. The highest BCUT2D eigenvalue weighted by Crippen LogP contribution is 2.27. The minimum atomic E-state index is -0.665. The zero-order valence-electron chi connectivity index (χ0n) is 5.77. The molecule has 1 aromatic carbocycles. The molecule has 0 fully saturated rings. The minimum Gasteiger partial charge on any atom is -0.505 e. The normalized spacial score (nSPS) is 9.73. The third-order valence-corrected chi connectivity index (χ3v) is 2.06. The highest BCUT2D eigenvalue weighted by atomic mass is 127. The molecule has 60 valence electrons. The highest BCUT2D eigenvalue weighted by Gasteiger charge is 2.06. The average Bonchev–Trinajstić information content (AvgIpc) is 1.97. The molecule has 0 bridgehead atoms. The lowest BCUT2D eigenvalue weighted by Gasteiger charge is -2.03. The lowest BCUT2D eigenvalue weighted by molar-refractivity contribution is 0.396. The number of rotatable bonds is 1. The van der Waals surface area contributed by atoms with E-state index in [9.17, 15) is 4.39 Å². The highest BCUT2D eigenvalue weighted by molar-refractivity contribution is 14.1. The van der Waals surface area contributed by atoms with Crippen molar-refractivity contribution in [1.29, 1.82) is 0 Å². The van der Waals surface area contributed by atoms with Crippen LogP contribution in [0.3, 0.4) is 0 Å². The van der Waals surface area contributed by atoms with Crippen molar-refractivity contribution in [2.75, 3.05) is 7.11 Å². The molecule has 0 amide bonds. The largest absolute Gasteiger partial charge is 0.505 e. The van der Waals surface area contributed by atoms with E-state index in [1.807, 2.05) is 22.6 Å². The van der Waals surface area contributed by atoms with Crippen molar-refractivity contribution >= 4 is 22.6 Å². The molecule has 0 aliphatic carbocycles. The van der Waals surface area contributed by atoms with E-state index in [1.165, 1.54) is 13.2 Å². The predicted molar refractivity (Wildman–Crippen MR) is 47.3 cm³/mol. The number of phenolic OH excluding ortho intramolecular Hbond substituents is 1. The van der Waals surface area contributed by atoms with E-state index in [2.05, 4.69) is 0 Å². The number of benzene rings is 1. The van der Waals surface area contributed by atoms with E-state index in [-0.39, 0.29) is 5.75 Å². The van der Waals surface area contributed by atoms with Crippen LogP contribution in [-0.4, -0.2) is 12.2 Å². The number of ether oxygens (including phenoxy) is 1. The summed E-state index contributed by atoms with van der Waals surface area (Å²) in [6, 6.07) is 2.46. The van der Waals surface area contributed by atoms with Gasteiger partial charge < -0.3 is 9.84 Å². The number of hydrogen-bond acceptors (Lipinski definition) is 2. The molecule has 0 radical (unpaired) electrons. The molecule has 0 heterocycles. The second kappa shape index (κ2) is 3.25. The Morgan fingerprint density at radius 3 is 2.73 bits per heavy atom. The van der Waals surface area contributed by atoms with Crippen LogP contribution in [0.5, 0.6) is 11.5 Å². The van der Waals surface area contributed by atoms with Crippen LogP contribution in [-0.2, 0) is 0 Å². The number of phenols is 1. The van der Waals surface area contributed by atoms with Crippen LogP contribution in [0.1, 0.15) is 0 Å². The Morgan fingerprint density at radius 1 is 1.55 bits per heavy atom. The SMILES string of the molecule is COc1cc(F)c(O)cc1I. The fraction of sp³-hybridized carbons (Fsp3) is 0.143. The van der Waals surface area contributed by atoms with Crippen LogP contribution in [0.2, 0.25) is 0 Å². The number of methoxy groups -OCH3 is 1. The van der Waals surface area contributed by atoms with E-state index in [0.29, 0.717) is 9.32 Å². The minimum absolute atomic E-state index is 0.352. The summed E-state index contributed by atoms with van der Waals surface area (Å²) in [5.74, 6) is -0.585. The molecule has 0 saturated heterocycles. The summed E-state index contributed by atoms with van der Waals surface area (Å²) in [6.45, 7) is 0. The maximum atomic E-state index is 12.6. The quantitative estimate of drug-likeness (QED) is 0.791. The number of hydrogen-bond donors (Lipinski definition) is 1. The van der Waals surface area contributed by atoms with Gasteiger partial charge in [-0.15, -0.1) is 0 Å². The second-order valence-corrected chi connectivity index (χ2v) is 3.10. The van der Waals surface area contributed by atoms with E-state index in [0.717, 1.165) is 6.07 Å². The third-order valence-electron chi connectivity index (χ3n) is 1.22. The maximum Gasteiger partial charge on any atom is 0.168 e. The van der Waals surface area contributed by atoms with Crippen molar-refractivity contribution < 1.29 is 14.2 Å². The summed E-state index contributed by atoms with van der Waals surface area (Å²) in [5.41, 5.74) is 0. The Kier molecular flexibility index (Phi) is 2.53. The van der Waals surface area contributed by atoms with E-state index in [4.69, 9.17) is 9.84 Å². The molecule has 0 aromatic heterocycles. The Labute approximate surface area is 77.1 Å². The fourth-order valence-corrected chi connectivity index (χ4v) is 1.35. The van der Waals surface area contributed by atoms with Gasteiger partial charge in [-0.25, -0.2) is 4.39 Å². The lowest BCUT2D eigenvalue weighted by atomic mass is 10.3. The zero-order valence-corrected chi connectivity index (χ0v) is 7.92. The first-order chi connectivity index (χ1) is 5.15. The molecule has 2 nitrogen and oxygen atoms in total. The van der Waals surface area contributed by atoms with Crippen LogP contribution in [0.25, 0.3) is 0 Å². The molecule has 0 unspecified atom stereocenters. The average molecular weight is 268 g/mol. The first kappa shape index (κ1) is 8.58. The zero-order chi connectivity index (χ0) is 8.43. The second-order valence-electron chi connectivity index (χ2n) is 1.94. The van der Waals surface area contributed by atoms with Crippen molar-refractivity contribution in [2.24, 2.45) is 0 Å². The van der Waals surface area contributed by atoms with Crippen LogP contribution in [0, 0.1) is 9.39 Å². The van der Waals surface area contributed by atoms with Gasteiger partial charge in [-0.1, -0.05) is 0 Å². The molecular weight excluding hydrogens is 262 g/mol. The van der Waals surface area contributed by atoms with Crippen molar-refractivity contribution in [3.63, 3.8) is 0 Å². The molecule has 0 aliphatic heterocycles. The predicted octanol–water partition coefficient (Wildman–Crippen LogP) is 2.14. The van der Waals surface area contributed by atoms with Crippen molar-refractivity contribution in [3.05, 3.63) is 21.5 Å². The number of aromatic hydroxyl groups is 1. The smallest absolute Gasteiger partial charge is 0.168 e.